The minimum atomic E-state index is -1.11. The van der Waals surface area contributed by atoms with E-state index in [1.54, 1.807) is 41.5 Å². The second-order valence-corrected chi connectivity index (χ2v) is 18.2. The van der Waals surface area contributed by atoms with Crippen LogP contribution in [0.25, 0.3) is 0 Å². The molecule has 0 amide bonds. The van der Waals surface area contributed by atoms with Crippen LogP contribution in [0, 0.1) is 10.8 Å². The molecule has 0 bridgehead atoms. The Bertz CT molecular complexity index is 833. The molecule has 0 heterocycles. The van der Waals surface area contributed by atoms with Crippen LogP contribution in [0.15, 0.2) is 0 Å². The molecule has 20 nitrogen and oxygen atoms in total. The summed E-state index contributed by atoms with van der Waals surface area (Å²) in [5.41, 5.74) is -2.22. The number of aliphatic carboxylic acids is 6. The van der Waals surface area contributed by atoms with Gasteiger partial charge in [-0.05, 0) is 0 Å². The molecular weight excluding hydrogens is 921 g/mol. The summed E-state index contributed by atoms with van der Waals surface area (Å²) in [6.45, 7) is 7.23. The highest BCUT2D eigenvalue weighted by Gasteiger charge is 2.27. The van der Waals surface area contributed by atoms with Crippen LogP contribution in [0.3, 0.4) is 0 Å². The molecule has 0 radical (unpaired) electrons. The average molecular weight is 993 g/mol. The molecule has 0 saturated heterocycles. The van der Waals surface area contributed by atoms with Gasteiger partial charge in [0.15, 0.2) is 0 Å². The molecule has 0 aliphatic rings. The van der Waals surface area contributed by atoms with E-state index < -0.39 is 99.5 Å². The Morgan fingerprint density at radius 1 is 0.300 bits per heavy atom. The SMILES string of the molecule is CC(S)CC(=O)O.CC(S)CC(=O)O.CC(S)CC(=O)O.CC(S)CC(=O)O.CC(S)CC(=O)O.CC(S)CC(=O)O.OCC(CO)(CO)CO.OCC(CO)(CO)CO. The molecule has 0 aliphatic heterocycles. The van der Waals surface area contributed by atoms with Crippen LogP contribution in [0.4, 0.5) is 0 Å². The number of aliphatic hydroxyl groups excluding tert-OH is 8. The number of rotatable bonds is 20. The Morgan fingerprint density at radius 3 is 0.383 bits per heavy atom. The lowest BCUT2D eigenvalue weighted by Gasteiger charge is -2.23. The first-order valence-corrected chi connectivity index (χ1v) is 20.6. The first-order valence-electron chi connectivity index (χ1n) is 17.5. The van der Waals surface area contributed by atoms with Crippen LogP contribution < -0.4 is 0 Å². The molecule has 0 rings (SSSR count). The normalized spacial score (nSPS) is 13.0. The third-order valence-electron chi connectivity index (χ3n) is 5.50. The summed E-state index contributed by atoms with van der Waals surface area (Å²) in [5.74, 6) is -4.74. The highest BCUT2D eigenvalue weighted by atomic mass is 32.1. The molecule has 6 unspecified atom stereocenters. The Hall–Kier alpha value is -1.40. The summed E-state index contributed by atoms with van der Waals surface area (Å²) in [5, 5.41) is 116. The topological polar surface area (TPSA) is 386 Å². The highest BCUT2D eigenvalue weighted by Crippen LogP contribution is 2.12. The van der Waals surface area contributed by atoms with E-state index in [0.29, 0.717) is 0 Å². The van der Waals surface area contributed by atoms with Gasteiger partial charge in [0.25, 0.3) is 0 Å². The molecule has 26 heteroatoms. The highest BCUT2D eigenvalue weighted by molar-refractivity contribution is 7.81. The fourth-order valence-electron chi connectivity index (χ4n) is 2.12. The van der Waals surface area contributed by atoms with Crippen molar-refractivity contribution in [2.45, 2.75) is 112 Å². The zero-order valence-corrected chi connectivity index (χ0v) is 40.1. The van der Waals surface area contributed by atoms with Crippen molar-refractivity contribution in [3.05, 3.63) is 0 Å². The molecule has 0 fully saturated rings. The summed E-state index contributed by atoms with van der Waals surface area (Å²) >= 11 is 23.1. The predicted octanol–water partition coefficient (Wildman–Crippen LogP) is 0.560. The standard InChI is InChI=1S/2C5H12O4.6C4H8O2S/c2*6-1-5(2-7,3-8)4-9;6*1-3(7)2-4(5)6/h2*6-9H,1-4H2;6*3,7H,2H2,1H3,(H,5,6). The van der Waals surface area contributed by atoms with Gasteiger partial charge in [0.05, 0.1) is 102 Å². The van der Waals surface area contributed by atoms with E-state index in [1.807, 2.05) is 0 Å². The molecule has 0 aliphatic carbocycles. The molecule has 0 saturated carbocycles. The molecule has 6 atom stereocenters. The third-order valence-corrected chi connectivity index (χ3v) is 6.60. The minimum Gasteiger partial charge on any atom is -0.481 e. The molecular formula is C34H72O20S6. The number of carboxylic acid groups (broad SMARTS) is 6. The molecule has 0 spiro atoms. The predicted molar refractivity (Wildman–Crippen MR) is 246 cm³/mol. The number of hydrogen-bond donors (Lipinski definition) is 20. The van der Waals surface area contributed by atoms with E-state index in [1.165, 1.54) is 0 Å². The molecule has 364 valence electrons. The lowest BCUT2D eigenvalue weighted by atomic mass is 9.93. The molecule has 0 aromatic rings. The van der Waals surface area contributed by atoms with Gasteiger partial charge in [0.1, 0.15) is 0 Å². The van der Waals surface area contributed by atoms with E-state index in [-0.39, 0.29) is 70.0 Å². The lowest BCUT2D eigenvalue weighted by Crippen LogP contribution is -2.37. The maximum Gasteiger partial charge on any atom is 0.304 e. The van der Waals surface area contributed by atoms with Crippen LogP contribution in [-0.2, 0) is 28.8 Å². The fraction of sp³-hybridized carbons (Fsp3) is 0.824. The fourth-order valence-corrected chi connectivity index (χ4v) is 3.05. The Kier molecular flexibility index (Phi) is 63.6. The Morgan fingerprint density at radius 2 is 0.383 bits per heavy atom. The second kappa shape index (κ2) is 50.2. The summed E-state index contributed by atoms with van der Waals surface area (Å²) in [4.78, 5) is 58.6. The average Bonchev–Trinajstić information content (AvgIpc) is 3.06. The zero-order chi connectivity index (χ0) is 49.8. The van der Waals surface area contributed by atoms with Crippen LogP contribution in [0.2, 0.25) is 0 Å². The Balaban J connectivity index is -0.0000000861. The number of carbonyl (C=O) groups is 6. The van der Waals surface area contributed by atoms with Crippen LogP contribution in [0.5, 0.6) is 0 Å². The van der Waals surface area contributed by atoms with Crippen molar-refractivity contribution in [3.8, 4) is 0 Å². The van der Waals surface area contributed by atoms with Gasteiger partial charge in [-0.3, -0.25) is 28.8 Å². The Labute approximate surface area is 385 Å². The number of thiol groups is 6. The van der Waals surface area contributed by atoms with Crippen molar-refractivity contribution in [1.82, 2.24) is 0 Å². The van der Waals surface area contributed by atoms with E-state index in [0.717, 1.165) is 0 Å². The van der Waals surface area contributed by atoms with Gasteiger partial charge in [-0.1, -0.05) is 41.5 Å². The third kappa shape index (κ3) is 80.6. The quantitative estimate of drug-likeness (QED) is 0.0741. The van der Waals surface area contributed by atoms with Gasteiger partial charge in [-0.2, -0.15) is 75.8 Å². The maximum atomic E-state index is 9.76. The van der Waals surface area contributed by atoms with Crippen molar-refractivity contribution >= 4 is 112 Å². The van der Waals surface area contributed by atoms with E-state index in [9.17, 15) is 28.8 Å². The van der Waals surface area contributed by atoms with Gasteiger partial charge in [-0.15, -0.1) is 0 Å². The van der Waals surface area contributed by atoms with Crippen molar-refractivity contribution < 1.29 is 100 Å². The first-order chi connectivity index (χ1) is 27.2. The van der Waals surface area contributed by atoms with Gasteiger partial charge in [0.2, 0.25) is 0 Å². The number of hydrogen-bond acceptors (Lipinski definition) is 20. The zero-order valence-electron chi connectivity index (χ0n) is 34.8. The molecule has 14 N–H and O–H groups in total. The van der Waals surface area contributed by atoms with E-state index >= 15 is 0 Å². The summed E-state index contributed by atoms with van der Waals surface area (Å²) in [7, 11) is 0. The monoisotopic (exact) mass is 992 g/mol. The molecule has 0 aromatic carbocycles. The van der Waals surface area contributed by atoms with Gasteiger partial charge >= 0.3 is 35.8 Å². The lowest BCUT2D eigenvalue weighted by molar-refractivity contribution is -0.137. The van der Waals surface area contributed by atoms with Gasteiger partial charge < -0.3 is 71.5 Å². The first kappa shape index (κ1) is 75.9. The maximum absolute atomic E-state index is 9.76. The van der Waals surface area contributed by atoms with Gasteiger partial charge in [0, 0.05) is 31.5 Å². The van der Waals surface area contributed by atoms with Crippen molar-refractivity contribution in [3.63, 3.8) is 0 Å². The van der Waals surface area contributed by atoms with Crippen molar-refractivity contribution in [1.29, 1.82) is 0 Å². The van der Waals surface area contributed by atoms with E-state index in [2.05, 4.69) is 75.8 Å². The van der Waals surface area contributed by atoms with Crippen molar-refractivity contribution in [2.75, 3.05) is 52.9 Å². The summed E-state index contributed by atoms with van der Waals surface area (Å²) in [6.07, 6.45) is 0.852. The largest absolute Gasteiger partial charge is 0.481 e. The summed E-state index contributed by atoms with van der Waals surface area (Å²) in [6, 6.07) is 0. The number of carboxylic acids is 6. The van der Waals surface area contributed by atoms with Crippen LogP contribution >= 0.6 is 75.8 Å². The second-order valence-electron chi connectivity index (χ2n) is 12.9. The van der Waals surface area contributed by atoms with Crippen molar-refractivity contribution in [2.24, 2.45) is 10.8 Å². The number of aliphatic hydroxyl groups is 8. The molecule has 0 aromatic heterocycles. The minimum absolute atomic E-state index is 0.0301. The molecule has 60 heavy (non-hydrogen) atoms. The van der Waals surface area contributed by atoms with Gasteiger partial charge in [-0.25, -0.2) is 0 Å². The van der Waals surface area contributed by atoms with Crippen LogP contribution in [0.1, 0.15) is 80.1 Å². The summed E-state index contributed by atoms with van der Waals surface area (Å²) < 4.78 is 0. The van der Waals surface area contributed by atoms with E-state index in [4.69, 9.17) is 71.5 Å². The van der Waals surface area contributed by atoms with Crippen LogP contribution in [-0.4, -0.2) is 192 Å². The smallest absolute Gasteiger partial charge is 0.304 e.